The lowest BCUT2D eigenvalue weighted by Gasteiger charge is -2.35. The number of benzene rings is 1. The molecule has 33 heavy (non-hydrogen) atoms. The van der Waals surface area contributed by atoms with Gasteiger partial charge in [-0.2, -0.15) is 5.10 Å². The zero-order chi connectivity index (χ0) is 22.9. The predicted molar refractivity (Wildman–Crippen MR) is 127 cm³/mol. The summed E-state index contributed by atoms with van der Waals surface area (Å²) in [5.74, 6) is 2.11. The molecule has 1 atom stereocenters. The van der Waals surface area contributed by atoms with E-state index in [1.54, 1.807) is 23.0 Å². The molecule has 1 aliphatic rings. The minimum absolute atomic E-state index is 0.0840. The van der Waals surface area contributed by atoms with Gasteiger partial charge in [0.25, 0.3) is 5.91 Å². The number of halogens is 1. The van der Waals surface area contributed by atoms with Gasteiger partial charge in [-0.1, -0.05) is 37.6 Å². The molecule has 0 N–H and O–H groups in total. The van der Waals surface area contributed by atoms with E-state index in [1.807, 2.05) is 29.2 Å². The van der Waals surface area contributed by atoms with Crippen LogP contribution < -0.4 is 4.90 Å². The third-order valence-electron chi connectivity index (χ3n) is 6.16. The summed E-state index contributed by atoms with van der Waals surface area (Å²) in [5.41, 5.74) is 1.51. The Balaban J connectivity index is 1.50. The van der Waals surface area contributed by atoms with Crippen molar-refractivity contribution in [1.82, 2.24) is 24.6 Å². The highest BCUT2D eigenvalue weighted by Gasteiger charge is 2.27. The molecule has 5 rings (SSSR count). The summed E-state index contributed by atoms with van der Waals surface area (Å²) in [6.45, 7) is 6.75. The van der Waals surface area contributed by atoms with E-state index in [4.69, 9.17) is 26.0 Å². The largest absolute Gasteiger partial charge is 0.459 e. The molecule has 1 amide bonds. The zero-order valence-corrected chi connectivity index (χ0v) is 19.4. The highest BCUT2D eigenvalue weighted by Crippen LogP contribution is 2.31. The topological polar surface area (TPSA) is 80.3 Å². The lowest BCUT2D eigenvalue weighted by atomic mass is 10.1. The monoisotopic (exact) mass is 464 g/mol. The summed E-state index contributed by atoms with van der Waals surface area (Å²) in [6, 6.07) is 11.0. The fourth-order valence-corrected chi connectivity index (χ4v) is 4.25. The second-order valence-corrected chi connectivity index (χ2v) is 8.62. The van der Waals surface area contributed by atoms with Gasteiger partial charge in [-0.3, -0.25) is 4.79 Å². The van der Waals surface area contributed by atoms with Gasteiger partial charge in [-0.15, -0.1) is 0 Å². The number of piperazine rings is 1. The molecule has 4 heterocycles. The number of hydrogen-bond donors (Lipinski definition) is 0. The van der Waals surface area contributed by atoms with Gasteiger partial charge in [-0.25, -0.2) is 14.6 Å². The first-order valence-corrected chi connectivity index (χ1v) is 11.5. The van der Waals surface area contributed by atoms with Gasteiger partial charge in [0.05, 0.1) is 28.6 Å². The van der Waals surface area contributed by atoms with Crippen molar-refractivity contribution in [1.29, 1.82) is 0 Å². The van der Waals surface area contributed by atoms with Crippen LogP contribution in [0.4, 0.5) is 5.82 Å². The summed E-state index contributed by atoms with van der Waals surface area (Å²) in [4.78, 5) is 26.5. The molecule has 0 aliphatic carbocycles. The molecule has 1 saturated heterocycles. The summed E-state index contributed by atoms with van der Waals surface area (Å²) < 4.78 is 7.06. The van der Waals surface area contributed by atoms with E-state index in [0.29, 0.717) is 37.0 Å². The normalized spacial score (nSPS) is 15.2. The maximum absolute atomic E-state index is 12.7. The van der Waals surface area contributed by atoms with Gasteiger partial charge < -0.3 is 14.2 Å². The van der Waals surface area contributed by atoms with Crippen LogP contribution in [0.25, 0.3) is 16.7 Å². The maximum Gasteiger partial charge on any atom is 0.289 e. The summed E-state index contributed by atoms with van der Waals surface area (Å²) >= 11 is 6.46. The average molecular weight is 465 g/mol. The number of fused-ring (bicyclic) bond motifs is 1. The molecule has 9 heteroatoms. The lowest BCUT2D eigenvalue weighted by molar-refractivity contribution is 0.0714. The van der Waals surface area contributed by atoms with Crippen LogP contribution in [0.3, 0.4) is 0 Å². The number of anilines is 1. The molecule has 8 nitrogen and oxygen atoms in total. The maximum atomic E-state index is 12.7. The van der Waals surface area contributed by atoms with Gasteiger partial charge in [-0.05, 0) is 30.7 Å². The number of rotatable bonds is 5. The Hall–Kier alpha value is -3.39. The molecular formula is C24H25ClN6O2. The van der Waals surface area contributed by atoms with Crippen molar-refractivity contribution >= 4 is 34.4 Å². The van der Waals surface area contributed by atoms with Crippen LogP contribution in [0.2, 0.25) is 5.02 Å². The van der Waals surface area contributed by atoms with Crippen molar-refractivity contribution in [3.63, 3.8) is 0 Å². The quantitative estimate of drug-likeness (QED) is 0.431. The minimum atomic E-state index is -0.0840. The van der Waals surface area contributed by atoms with Gasteiger partial charge in [0.1, 0.15) is 11.6 Å². The van der Waals surface area contributed by atoms with Crippen molar-refractivity contribution in [3.8, 4) is 5.69 Å². The molecule has 0 bridgehead atoms. The second kappa shape index (κ2) is 8.86. The SMILES string of the molecule is CCC(C)c1nc(N2CCN(C(=O)c3ccco3)CC2)c2cnn(-c3ccccc3Cl)c2n1. The predicted octanol–water partition coefficient (Wildman–Crippen LogP) is 4.54. The Morgan fingerprint density at radius 2 is 1.91 bits per heavy atom. The number of nitrogens with zero attached hydrogens (tertiary/aromatic N) is 6. The molecule has 1 unspecified atom stereocenters. The van der Waals surface area contributed by atoms with E-state index in [1.165, 1.54) is 6.26 Å². The van der Waals surface area contributed by atoms with Crippen LogP contribution in [-0.2, 0) is 0 Å². The third-order valence-corrected chi connectivity index (χ3v) is 6.48. The molecule has 0 spiro atoms. The van der Waals surface area contributed by atoms with Crippen LogP contribution in [-0.4, -0.2) is 56.7 Å². The van der Waals surface area contributed by atoms with Crippen LogP contribution in [0.1, 0.15) is 42.6 Å². The minimum Gasteiger partial charge on any atom is -0.459 e. The number of carbonyl (C=O) groups excluding carboxylic acids is 1. The highest BCUT2D eigenvalue weighted by molar-refractivity contribution is 6.32. The molecule has 4 aromatic rings. The first kappa shape index (κ1) is 21.5. The van der Waals surface area contributed by atoms with E-state index in [0.717, 1.165) is 34.8 Å². The first-order valence-electron chi connectivity index (χ1n) is 11.1. The molecule has 170 valence electrons. The van der Waals surface area contributed by atoms with E-state index in [9.17, 15) is 4.79 Å². The second-order valence-electron chi connectivity index (χ2n) is 8.22. The Morgan fingerprint density at radius 3 is 2.61 bits per heavy atom. The smallest absolute Gasteiger partial charge is 0.289 e. The Morgan fingerprint density at radius 1 is 1.12 bits per heavy atom. The number of para-hydroxylation sites is 1. The van der Waals surface area contributed by atoms with Crippen molar-refractivity contribution in [2.75, 3.05) is 31.1 Å². The van der Waals surface area contributed by atoms with Gasteiger partial charge in [0.2, 0.25) is 0 Å². The van der Waals surface area contributed by atoms with Crippen LogP contribution in [0.5, 0.6) is 0 Å². The standard InChI is InChI=1S/C24H25ClN6O2/c1-3-16(2)21-27-22(29-10-12-30(13-11-29)24(32)20-9-6-14-33-20)17-15-26-31(23(17)28-21)19-8-5-4-7-18(19)25/h4-9,14-16H,3,10-13H2,1-2H3. The lowest BCUT2D eigenvalue weighted by Crippen LogP contribution is -2.49. The highest BCUT2D eigenvalue weighted by atomic mass is 35.5. The average Bonchev–Trinajstić information content (AvgIpc) is 3.53. The number of carbonyl (C=O) groups is 1. The van der Waals surface area contributed by atoms with E-state index in [-0.39, 0.29) is 11.8 Å². The van der Waals surface area contributed by atoms with E-state index < -0.39 is 0 Å². The molecule has 0 radical (unpaired) electrons. The fourth-order valence-electron chi connectivity index (χ4n) is 4.03. The fraction of sp³-hybridized carbons (Fsp3) is 0.333. The van der Waals surface area contributed by atoms with Crippen LogP contribution in [0, 0.1) is 0 Å². The van der Waals surface area contributed by atoms with E-state index >= 15 is 0 Å². The Kier molecular flexibility index (Phi) is 5.76. The zero-order valence-electron chi connectivity index (χ0n) is 18.6. The molecule has 1 fully saturated rings. The number of amides is 1. The number of hydrogen-bond acceptors (Lipinski definition) is 6. The van der Waals surface area contributed by atoms with Crippen molar-refractivity contribution in [2.24, 2.45) is 0 Å². The van der Waals surface area contributed by atoms with Crippen molar-refractivity contribution in [2.45, 2.75) is 26.2 Å². The van der Waals surface area contributed by atoms with Gasteiger partial charge in [0, 0.05) is 32.1 Å². The van der Waals surface area contributed by atoms with Gasteiger partial charge in [0.15, 0.2) is 11.4 Å². The molecule has 0 saturated carbocycles. The number of aromatic nitrogens is 4. The van der Waals surface area contributed by atoms with Crippen LogP contribution >= 0.6 is 11.6 Å². The first-order chi connectivity index (χ1) is 16.1. The molecule has 1 aliphatic heterocycles. The molecule has 1 aromatic carbocycles. The summed E-state index contributed by atoms with van der Waals surface area (Å²) in [7, 11) is 0. The summed E-state index contributed by atoms with van der Waals surface area (Å²) in [6.07, 6.45) is 4.25. The number of furan rings is 1. The van der Waals surface area contributed by atoms with E-state index in [2.05, 4.69) is 23.8 Å². The van der Waals surface area contributed by atoms with Crippen LogP contribution in [0.15, 0.2) is 53.3 Å². The molecule has 3 aromatic heterocycles. The van der Waals surface area contributed by atoms with Gasteiger partial charge >= 0.3 is 0 Å². The summed E-state index contributed by atoms with van der Waals surface area (Å²) in [5, 5.41) is 6.09. The van der Waals surface area contributed by atoms with Crippen molar-refractivity contribution < 1.29 is 9.21 Å². The Bertz CT molecular complexity index is 1280. The van der Waals surface area contributed by atoms with Crippen molar-refractivity contribution in [3.05, 3.63) is 65.5 Å². The third kappa shape index (κ3) is 3.95. The Labute approximate surface area is 196 Å². The molecular weight excluding hydrogens is 440 g/mol.